The Morgan fingerprint density at radius 1 is 1.13 bits per heavy atom. The summed E-state index contributed by atoms with van der Waals surface area (Å²) < 4.78 is 0. The number of aromatic nitrogens is 2. The largest absolute Gasteiger partial charge is 0.327 e. The minimum absolute atomic E-state index is 0.164. The van der Waals surface area contributed by atoms with E-state index in [9.17, 15) is 19.7 Å². The molecule has 0 bridgehead atoms. The number of nitrogens with one attached hydrogen (secondary N) is 1. The molecule has 1 aliphatic heterocycles. The van der Waals surface area contributed by atoms with Gasteiger partial charge in [0.05, 0.1) is 4.92 Å². The van der Waals surface area contributed by atoms with Crippen LogP contribution in [0.1, 0.15) is 23.2 Å². The van der Waals surface area contributed by atoms with Gasteiger partial charge in [0.1, 0.15) is 11.0 Å². The minimum atomic E-state index is -0.666. The van der Waals surface area contributed by atoms with Gasteiger partial charge in [0, 0.05) is 29.8 Å². The molecular weight excluding hydrogens is 406 g/mol. The van der Waals surface area contributed by atoms with Gasteiger partial charge in [-0.25, -0.2) is 0 Å². The second-order valence-corrected chi connectivity index (χ2v) is 7.71. The molecule has 0 spiro atoms. The van der Waals surface area contributed by atoms with Gasteiger partial charge >= 0.3 is 0 Å². The van der Waals surface area contributed by atoms with E-state index < -0.39 is 16.9 Å². The van der Waals surface area contributed by atoms with E-state index in [1.54, 1.807) is 0 Å². The molecule has 0 aliphatic carbocycles. The lowest BCUT2D eigenvalue weighted by atomic mass is 10.1. The number of hydrogen-bond donors (Lipinski definition) is 1. The number of hydrogen-bond acceptors (Lipinski definition) is 7. The topological polar surface area (TPSA) is 118 Å². The number of nitrogens with zero attached hydrogens (tertiary/aromatic N) is 4. The summed E-state index contributed by atoms with van der Waals surface area (Å²) in [5.74, 6) is -0.749. The molecule has 2 aromatic carbocycles. The van der Waals surface area contributed by atoms with Crippen LogP contribution in [0.25, 0.3) is 10.6 Å². The van der Waals surface area contributed by atoms with Crippen molar-refractivity contribution in [2.75, 3.05) is 11.9 Å². The third-order valence-corrected chi connectivity index (χ3v) is 5.68. The van der Waals surface area contributed by atoms with Gasteiger partial charge in [-0.2, -0.15) is 0 Å². The Hall–Kier alpha value is -3.66. The van der Waals surface area contributed by atoms with Crippen molar-refractivity contribution in [3.8, 4) is 10.6 Å². The highest BCUT2D eigenvalue weighted by atomic mass is 32.1. The number of likely N-dealkylation sites (tertiary alicyclic amines) is 1. The second kappa shape index (κ2) is 8.37. The lowest BCUT2D eigenvalue weighted by Gasteiger charge is -2.23. The van der Waals surface area contributed by atoms with Crippen molar-refractivity contribution >= 4 is 34.0 Å². The Kier molecular flexibility index (Phi) is 5.48. The third-order valence-electron chi connectivity index (χ3n) is 4.80. The number of benzene rings is 2. The van der Waals surface area contributed by atoms with Crippen molar-refractivity contribution < 1.29 is 14.5 Å². The first kappa shape index (κ1) is 19.6. The summed E-state index contributed by atoms with van der Waals surface area (Å²) >= 11 is 1.25. The van der Waals surface area contributed by atoms with E-state index in [4.69, 9.17) is 0 Å². The molecule has 30 heavy (non-hydrogen) atoms. The van der Waals surface area contributed by atoms with Crippen LogP contribution in [0.2, 0.25) is 0 Å². The first-order valence-electron chi connectivity index (χ1n) is 9.28. The second-order valence-electron chi connectivity index (χ2n) is 6.73. The molecule has 1 atom stereocenters. The van der Waals surface area contributed by atoms with E-state index in [0.717, 1.165) is 5.56 Å². The Morgan fingerprint density at radius 2 is 1.93 bits per heavy atom. The number of non-ortho nitro benzene ring substituents is 1. The summed E-state index contributed by atoms with van der Waals surface area (Å²) in [4.78, 5) is 37.6. The Morgan fingerprint density at radius 3 is 2.70 bits per heavy atom. The van der Waals surface area contributed by atoms with Gasteiger partial charge in [0.15, 0.2) is 0 Å². The normalized spacial score (nSPS) is 15.7. The lowest BCUT2D eigenvalue weighted by Crippen LogP contribution is -2.43. The van der Waals surface area contributed by atoms with Gasteiger partial charge in [-0.05, 0) is 18.9 Å². The quantitative estimate of drug-likeness (QED) is 0.497. The SMILES string of the molecule is O=C(Nc1nnc(-c2ccccc2)s1)C1CCCN1C(=O)c1cccc([N+](=O)[O-])c1. The summed E-state index contributed by atoms with van der Waals surface area (Å²) in [6.07, 6.45) is 1.18. The van der Waals surface area contributed by atoms with Crippen LogP contribution in [-0.2, 0) is 4.79 Å². The fraction of sp³-hybridized carbons (Fsp3) is 0.200. The van der Waals surface area contributed by atoms with Gasteiger partial charge in [-0.3, -0.25) is 25.0 Å². The molecule has 1 unspecified atom stereocenters. The molecule has 2 amide bonds. The first-order valence-corrected chi connectivity index (χ1v) is 10.1. The number of anilines is 1. The molecule has 4 rings (SSSR count). The maximum atomic E-state index is 12.9. The molecular formula is C20H17N5O4S. The summed E-state index contributed by atoms with van der Waals surface area (Å²) in [5.41, 5.74) is 0.924. The van der Waals surface area contributed by atoms with Crippen LogP contribution < -0.4 is 5.32 Å². The number of carbonyl (C=O) groups excluding carboxylic acids is 2. The zero-order valence-electron chi connectivity index (χ0n) is 15.7. The van der Waals surface area contributed by atoms with E-state index in [1.807, 2.05) is 30.3 Å². The highest BCUT2D eigenvalue weighted by Crippen LogP contribution is 2.28. The average Bonchev–Trinajstić information content (AvgIpc) is 3.44. The molecule has 1 saturated heterocycles. The average molecular weight is 423 g/mol. The van der Waals surface area contributed by atoms with Gasteiger partial charge < -0.3 is 4.90 Å². The summed E-state index contributed by atoms with van der Waals surface area (Å²) in [5, 5.41) is 22.9. The van der Waals surface area contributed by atoms with Crippen LogP contribution >= 0.6 is 11.3 Å². The van der Waals surface area contributed by atoms with Crippen molar-refractivity contribution in [1.29, 1.82) is 0 Å². The number of rotatable bonds is 5. The monoisotopic (exact) mass is 423 g/mol. The fourth-order valence-electron chi connectivity index (χ4n) is 3.36. The van der Waals surface area contributed by atoms with Gasteiger partial charge in [0.25, 0.3) is 11.6 Å². The first-order chi connectivity index (χ1) is 14.5. The molecule has 10 heteroatoms. The molecule has 152 valence electrons. The smallest absolute Gasteiger partial charge is 0.270 e. The van der Waals surface area contributed by atoms with Gasteiger partial charge in [-0.15, -0.1) is 10.2 Å². The maximum absolute atomic E-state index is 12.9. The highest BCUT2D eigenvalue weighted by Gasteiger charge is 2.35. The molecule has 0 saturated carbocycles. The highest BCUT2D eigenvalue weighted by molar-refractivity contribution is 7.18. The van der Waals surface area contributed by atoms with Crippen molar-refractivity contribution in [3.63, 3.8) is 0 Å². The number of carbonyl (C=O) groups is 2. The van der Waals surface area contributed by atoms with Crippen LogP contribution in [0, 0.1) is 10.1 Å². The van der Waals surface area contributed by atoms with Crippen molar-refractivity contribution in [2.45, 2.75) is 18.9 Å². The van der Waals surface area contributed by atoms with E-state index in [-0.39, 0.29) is 17.2 Å². The van der Waals surface area contributed by atoms with E-state index in [0.29, 0.717) is 29.5 Å². The fourth-order valence-corrected chi connectivity index (χ4v) is 4.11. The summed E-state index contributed by atoms with van der Waals surface area (Å²) in [7, 11) is 0. The number of nitro benzene ring substituents is 1. The summed E-state index contributed by atoms with van der Waals surface area (Å²) in [6.45, 7) is 0.408. The van der Waals surface area contributed by atoms with E-state index in [1.165, 1.54) is 40.5 Å². The van der Waals surface area contributed by atoms with Crippen LogP contribution in [0.15, 0.2) is 54.6 Å². The summed E-state index contributed by atoms with van der Waals surface area (Å²) in [6, 6.07) is 14.4. The molecule has 1 fully saturated rings. The molecule has 3 aromatic rings. The standard InChI is InChI=1S/C20H17N5O4S/c26-17(21-20-23-22-18(30-20)13-6-2-1-3-7-13)16-10-5-11-24(16)19(27)14-8-4-9-15(12-14)25(28)29/h1-4,6-9,12,16H,5,10-11H2,(H,21,23,26). The number of amides is 2. The molecule has 2 heterocycles. The molecule has 9 nitrogen and oxygen atoms in total. The van der Waals surface area contributed by atoms with Crippen molar-refractivity contribution in [1.82, 2.24) is 15.1 Å². The predicted octanol–water partition coefficient (Wildman–Crippen LogP) is 3.36. The van der Waals surface area contributed by atoms with Crippen LogP contribution in [0.5, 0.6) is 0 Å². The van der Waals surface area contributed by atoms with Crippen LogP contribution in [-0.4, -0.2) is 44.4 Å². The molecule has 0 radical (unpaired) electrons. The third kappa shape index (κ3) is 4.03. The Labute approximate surface area is 175 Å². The van der Waals surface area contributed by atoms with Crippen molar-refractivity contribution in [2.24, 2.45) is 0 Å². The Bertz CT molecular complexity index is 1100. The predicted molar refractivity (Wildman–Crippen MR) is 111 cm³/mol. The molecule has 1 aliphatic rings. The van der Waals surface area contributed by atoms with E-state index in [2.05, 4.69) is 15.5 Å². The van der Waals surface area contributed by atoms with Gasteiger partial charge in [-0.1, -0.05) is 47.7 Å². The zero-order chi connectivity index (χ0) is 21.1. The Balaban J connectivity index is 1.48. The van der Waals surface area contributed by atoms with Crippen molar-refractivity contribution in [3.05, 3.63) is 70.3 Å². The molecule has 1 aromatic heterocycles. The van der Waals surface area contributed by atoms with Gasteiger partial charge in [0.2, 0.25) is 11.0 Å². The van der Waals surface area contributed by atoms with Crippen LogP contribution in [0.3, 0.4) is 0 Å². The number of nitro groups is 1. The minimum Gasteiger partial charge on any atom is -0.327 e. The van der Waals surface area contributed by atoms with Crippen LogP contribution in [0.4, 0.5) is 10.8 Å². The maximum Gasteiger partial charge on any atom is 0.270 e. The lowest BCUT2D eigenvalue weighted by molar-refractivity contribution is -0.384. The molecule has 1 N–H and O–H groups in total. The van der Waals surface area contributed by atoms with E-state index >= 15 is 0 Å². The zero-order valence-corrected chi connectivity index (χ0v) is 16.5.